The molecule has 2 heteroatoms. The first-order valence-corrected chi connectivity index (χ1v) is 5.99. The first-order chi connectivity index (χ1) is 6.66. The van der Waals surface area contributed by atoms with Gasteiger partial charge >= 0.3 is 0 Å². The average molecular weight is 256 g/mol. The molecule has 0 atom stereocenters. The van der Waals surface area contributed by atoms with Crippen molar-refractivity contribution in [1.29, 1.82) is 0 Å². The zero-order valence-electron chi connectivity index (χ0n) is 8.94. The van der Waals surface area contributed by atoms with E-state index in [0.29, 0.717) is 0 Å². The van der Waals surface area contributed by atoms with Crippen LogP contribution in [0, 0.1) is 6.92 Å². The van der Waals surface area contributed by atoms with Gasteiger partial charge in [0.15, 0.2) is 0 Å². The lowest BCUT2D eigenvalue weighted by molar-refractivity contribution is 0.716. The molecule has 0 unspecified atom stereocenters. The van der Waals surface area contributed by atoms with Gasteiger partial charge in [0.25, 0.3) is 0 Å². The monoisotopic (exact) mass is 255 g/mol. The molecule has 78 valence electrons. The summed E-state index contributed by atoms with van der Waals surface area (Å²) >= 11 is 3.53. The Balaban J connectivity index is 2.79. The minimum absolute atomic E-state index is 0.932. The molecule has 1 aromatic carbocycles. The quantitative estimate of drug-likeness (QED) is 0.637. The molecule has 2 N–H and O–H groups in total. The van der Waals surface area contributed by atoms with Crippen molar-refractivity contribution in [2.24, 2.45) is 0 Å². The fourth-order valence-electron chi connectivity index (χ4n) is 1.63. The highest BCUT2D eigenvalue weighted by molar-refractivity contribution is 9.10. The number of hydrogen-bond donors (Lipinski definition) is 1. The summed E-state index contributed by atoms with van der Waals surface area (Å²) in [6.45, 7) is 4.35. The maximum atomic E-state index is 5.95. The standard InChI is InChI=1S/C12H18BrN/c1-3-4-5-6-10-9(2)11(13)7-8-12(10)14/h7-8H,3-6,14H2,1-2H3. The molecule has 1 aromatic rings. The molecule has 0 amide bonds. The van der Waals surface area contributed by atoms with Crippen molar-refractivity contribution >= 4 is 21.6 Å². The summed E-state index contributed by atoms with van der Waals surface area (Å²) in [5, 5.41) is 0. The van der Waals surface area contributed by atoms with Crippen molar-refractivity contribution in [1.82, 2.24) is 0 Å². The maximum Gasteiger partial charge on any atom is 0.0350 e. The summed E-state index contributed by atoms with van der Waals surface area (Å²) in [5.41, 5.74) is 9.49. The number of benzene rings is 1. The first-order valence-electron chi connectivity index (χ1n) is 5.20. The molecule has 0 saturated heterocycles. The van der Waals surface area contributed by atoms with Gasteiger partial charge in [-0.05, 0) is 43.0 Å². The van der Waals surface area contributed by atoms with E-state index in [2.05, 4.69) is 29.8 Å². The topological polar surface area (TPSA) is 26.0 Å². The summed E-state index contributed by atoms with van der Waals surface area (Å²) in [4.78, 5) is 0. The predicted molar refractivity (Wildman–Crippen MR) is 66.5 cm³/mol. The van der Waals surface area contributed by atoms with Gasteiger partial charge < -0.3 is 5.73 Å². The molecule has 0 fully saturated rings. The Kier molecular flexibility index (Phi) is 4.46. The van der Waals surface area contributed by atoms with E-state index in [1.807, 2.05) is 12.1 Å². The third-order valence-corrected chi connectivity index (χ3v) is 3.46. The zero-order chi connectivity index (χ0) is 10.6. The summed E-state index contributed by atoms with van der Waals surface area (Å²) in [6, 6.07) is 4.01. The number of rotatable bonds is 4. The second-order valence-electron chi connectivity index (χ2n) is 3.70. The number of hydrogen-bond acceptors (Lipinski definition) is 1. The van der Waals surface area contributed by atoms with Gasteiger partial charge in [0.1, 0.15) is 0 Å². The van der Waals surface area contributed by atoms with Crippen LogP contribution in [0.25, 0.3) is 0 Å². The number of nitrogen functional groups attached to an aromatic ring is 1. The van der Waals surface area contributed by atoms with Crippen molar-refractivity contribution in [2.45, 2.75) is 39.5 Å². The van der Waals surface area contributed by atoms with E-state index in [0.717, 1.165) is 16.6 Å². The smallest absolute Gasteiger partial charge is 0.0350 e. The van der Waals surface area contributed by atoms with Crippen molar-refractivity contribution in [3.05, 3.63) is 27.7 Å². The van der Waals surface area contributed by atoms with E-state index in [4.69, 9.17) is 5.73 Å². The predicted octanol–water partition coefficient (Wildman–Crippen LogP) is 4.07. The highest BCUT2D eigenvalue weighted by atomic mass is 79.9. The average Bonchev–Trinajstić information content (AvgIpc) is 2.18. The van der Waals surface area contributed by atoms with Crippen LogP contribution in [-0.2, 0) is 6.42 Å². The van der Waals surface area contributed by atoms with Crippen LogP contribution >= 0.6 is 15.9 Å². The Morgan fingerprint density at radius 1 is 1.29 bits per heavy atom. The number of halogens is 1. The van der Waals surface area contributed by atoms with Crippen LogP contribution < -0.4 is 5.73 Å². The van der Waals surface area contributed by atoms with Crippen LogP contribution in [0.3, 0.4) is 0 Å². The molecule has 14 heavy (non-hydrogen) atoms. The summed E-state index contributed by atoms with van der Waals surface area (Å²) in [7, 11) is 0. The summed E-state index contributed by atoms with van der Waals surface area (Å²) < 4.78 is 1.16. The number of unbranched alkanes of at least 4 members (excludes halogenated alkanes) is 2. The van der Waals surface area contributed by atoms with Gasteiger partial charge in [-0.3, -0.25) is 0 Å². The zero-order valence-corrected chi connectivity index (χ0v) is 10.5. The molecule has 0 radical (unpaired) electrons. The molecule has 0 saturated carbocycles. The van der Waals surface area contributed by atoms with Gasteiger partial charge in [-0.15, -0.1) is 0 Å². The lowest BCUT2D eigenvalue weighted by Crippen LogP contribution is -1.98. The Labute approximate surface area is 94.8 Å². The van der Waals surface area contributed by atoms with Crippen molar-refractivity contribution in [3.8, 4) is 0 Å². The molecule has 0 aliphatic rings. The van der Waals surface area contributed by atoms with Gasteiger partial charge in [0.05, 0.1) is 0 Å². The molecule has 0 bridgehead atoms. The van der Waals surface area contributed by atoms with Crippen molar-refractivity contribution in [3.63, 3.8) is 0 Å². The largest absolute Gasteiger partial charge is 0.398 e. The number of nitrogens with two attached hydrogens (primary N) is 1. The Morgan fingerprint density at radius 3 is 2.64 bits per heavy atom. The van der Waals surface area contributed by atoms with Gasteiger partial charge in [-0.2, -0.15) is 0 Å². The fraction of sp³-hybridized carbons (Fsp3) is 0.500. The molecular weight excluding hydrogens is 238 g/mol. The number of anilines is 1. The van der Waals surface area contributed by atoms with Crippen molar-refractivity contribution < 1.29 is 0 Å². The van der Waals surface area contributed by atoms with Crippen LogP contribution in [0.1, 0.15) is 37.3 Å². The first kappa shape index (κ1) is 11.6. The molecule has 1 rings (SSSR count). The minimum Gasteiger partial charge on any atom is -0.398 e. The van der Waals surface area contributed by atoms with Gasteiger partial charge in [0, 0.05) is 10.2 Å². The molecule has 0 aliphatic heterocycles. The highest BCUT2D eigenvalue weighted by Crippen LogP contribution is 2.26. The van der Waals surface area contributed by atoms with Gasteiger partial charge in [0.2, 0.25) is 0 Å². The third kappa shape index (κ3) is 2.74. The second kappa shape index (κ2) is 5.40. The molecule has 0 aromatic heterocycles. The van der Waals surface area contributed by atoms with Crippen LogP contribution in [0.5, 0.6) is 0 Å². The fourth-order valence-corrected chi connectivity index (χ4v) is 2.00. The lowest BCUT2D eigenvalue weighted by Gasteiger charge is -2.10. The van der Waals surface area contributed by atoms with E-state index < -0.39 is 0 Å². The Hall–Kier alpha value is -0.500. The Bertz CT molecular complexity index is 307. The minimum atomic E-state index is 0.932. The molecule has 0 heterocycles. The molecule has 1 nitrogen and oxygen atoms in total. The Morgan fingerprint density at radius 2 is 2.00 bits per heavy atom. The normalized spacial score (nSPS) is 10.5. The molecule has 0 spiro atoms. The molecule has 0 aliphatic carbocycles. The summed E-state index contributed by atoms with van der Waals surface area (Å²) in [5.74, 6) is 0. The van der Waals surface area contributed by atoms with E-state index in [9.17, 15) is 0 Å². The highest BCUT2D eigenvalue weighted by Gasteiger charge is 2.05. The SMILES string of the molecule is CCCCCc1c(N)ccc(Br)c1C. The van der Waals surface area contributed by atoms with Gasteiger partial charge in [-0.1, -0.05) is 35.7 Å². The van der Waals surface area contributed by atoms with Crippen molar-refractivity contribution in [2.75, 3.05) is 5.73 Å². The lowest BCUT2D eigenvalue weighted by atomic mass is 10.0. The third-order valence-electron chi connectivity index (χ3n) is 2.60. The second-order valence-corrected chi connectivity index (χ2v) is 4.55. The van der Waals surface area contributed by atoms with E-state index in [-0.39, 0.29) is 0 Å². The van der Waals surface area contributed by atoms with Crippen LogP contribution in [0.4, 0.5) is 5.69 Å². The maximum absolute atomic E-state index is 5.95. The van der Waals surface area contributed by atoms with E-state index in [1.165, 1.54) is 30.4 Å². The van der Waals surface area contributed by atoms with E-state index in [1.54, 1.807) is 0 Å². The molecular formula is C12H18BrN. The van der Waals surface area contributed by atoms with Crippen LogP contribution in [0.2, 0.25) is 0 Å². The van der Waals surface area contributed by atoms with E-state index >= 15 is 0 Å². The van der Waals surface area contributed by atoms with Gasteiger partial charge in [-0.25, -0.2) is 0 Å². The van der Waals surface area contributed by atoms with Crippen LogP contribution in [0.15, 0.2) is 16.6 Å². The summed E-state index contributed by atoms with van der Waals surface area (Å²) in [6.07, 6.45) is 4.88. The van der Waals surface area contributed by atoms with Crippen LogP contribution in [-0.4, -0.2) is 0 Å².